The zero-order valence-corrected chi connectivity index (χ0v) is 20.9. The van der Waals surface area contributed by atoms with Crippen molar-refractivity contribution in [1.29, 1.82) is 0 Å². The quantitative estimate of drug-likeness (QED) is 0.303. The minimum Gasteiger partial charge on any atom is -0.462 e. The SMILES string of the molecule is CC(C)OC(=O)C(C)(C)N[P@](=O)(CO[C@H](C)Cn1cnc2c(N)ncnc21)Oc1ccccc1. The number of para-hydroxylation sites is 1. The van der Waals surface area contributed by atoms with Crippen LogP contribution in [0.25, 0.3) is 11.2 Å². The van der Waals surface area contributed by atoms with Crippen molar-refractivity contribution in [2.24, 2.45) is 0 Å². The molecule has 0 aliphatic carbocycles. The highest BCUT2D eigenvalue weighted by molar-refractivity contribution is 7.57. The summed E-state index contributed by atoms with van der Waals surface area (Å²) in [5, 5.41) is 2.85. The van der Waals surface area contributed by atoms with Crippen molar-refractivity contribution in [2.45, 2.75) is 58.9 Å². The molecule has 184 valence electrons. The van der Waals surface area contributed by atoms with Crippen LogP contribution in [0.1, 0.15) is 34.6 Å². The molecule has 0 aliphatic rings. The molecule has 0 aliphatic heterocycles. The van der Waals surface area contributed by atoms with Gasteiger partial charge in [-0.1, -0.05) is 18.2 Å². The number of esters is 1. The smallest absolute Gasteiger partial charge is 0.342 e. The molecule has 12 heteroatoms. The van der Waals surface area contributed by atoms with Crippen LogP contribution in [-0.2, 0) is 25.4 Å². The van der Waals surface area contributed by atoms with E-state index in [1.807, 2.05) is 13.0 Å². The number of nitrogens with two attached hydrogens (primary N) is 1. The summed E-state index contributed by atoms with van der Waals surface area (Å²) in [6, 6.07) is 8.70. The molecule has 0 amide bonds. The van der Waals surface area contributed by atoms with Gasteiger partial charge < -0.3 is 24.3 Å². The van der Waals surface area contributed by atoms with E-state index in [0.717, 1.165) is 0 Å². The Bertz CT molecular complexity index is 1170. The molecule has 0 fully saturated rings. The van der Waals surface area contributed by atoms with Gasteiger partial charge in [0.25, 0.3) is 0 Å². The predicted molar refractivity (Wildman–Crippen MR) is 128 cm³/mol. The molecule has 2 heterocycles. The standard InChI is InChI=1S/C22H31N6O5P/c1-15(2)32-21(29)22(4,5)27-34(30,33-17-9-7-6-8-10-17)14-31-16(3)11-28-13-26-18-19(23)24-12-25-20(18)28/h6-10,12-13,15-16H,11,14H2,1-5H3,(H,27,30)(H2,23,24,25)/t16-,34+/m1/s1. The Morgan fingerprint density at radius 1 is 1.18 bits per heavy atom. The summed E-state index contributed by atoms with van der Waals surface area (Å²) in [5.74, 6) is 0.128. The molecule has 0 saturated heterocycles. The van der Waals surface area contributed by atoms with Gasteiger partial charge in [0.1, 0.15) is 29.5 Å². The number of carbonyl (C=O) groups excluding carboxylic acids is 1. The number of nitrogens with zero attached hydrogens (tertiary/aromatic N) is 4. The van der Waals surface area contributed by atoms with E-state index in [2.05, 4.69) is 20.0 Å². The number of aromatic nitrogens is 4. The van der Waals surface area contributed by atoms with Crippen LogP contribution < -0.4 is 15.3 Å². The number of imidazole rings is 1. The van der Waals surface area contributed by atoms with E-state index in [-0.39, 0.29) is 18.3 Å². The van der Waals surface area contributed by atoms with E-state index >= 15 is 0 Å². The first-order chi connectivity index (χ1) is 16.0. The molecular weight excluding hydrogens is 459 g/mol. The maximum Gasteiger partial charge on any atom is 0.342 e. The third-order valence-electron chi connectivity index (χ3n) is 4.71. The molecule has 3 N–H and O–H groups in total. The summed E-state index contributed by atoms with van der Waals surface area (Å²) in [6.45, 7) is 8.86. The summed E-state index contributed by atoms with van der Waals surface area (Å²) in [6.07, 6.45) is 1.96. The summed E-state index contributed by atoms with van der Waals surface area (Å²) >= 11 is 0. The summed E-state index contributed by atoms with van der Waals surface area (Å²) < 4.78 is 32.6. The van der Waals surface area contributed by atoms with Crippen LogP contribution in [-0.4, -0.2) is 49.6 Å². The predicted octanol–water partition coefficient (Wildman–Crippen LogP) is 3.36. The summed E-state index contributed by atoms with van der Waals surface area (Å²) in [7, 11) is -3.70. The molecule has 3 aromatic rings. The summed E-state index contributed by atoms with van der Waals surface area (Å²) in [4.78, 5) is 25.0. The van der Waals surface area contributed by atoms with E-state index in [9.17, 15) is 9.36 Å². The molecule has 0 bridgehead atoms. The van der Waals surface area contributed by atoms with Crippen molar-refractivity contribution in [1.82, 2.24) is 24.6 Å². The second-order valence-corrected chi connectivity index (χ2v) is 10.7. The van der Waals surface area contributed by atoms with Gasteiger partial charge in [-0.2, -0.15) is 0 Å². The van der Waals surface area contributed by atoms with E-state index in [4.69, 9.17) is 19.7 Å². The average Bonchev–Trinajstić information content (AvgIpc) is 3.16. The van der Waals surface area contributed by atoms with Crippen molar-refractivity contribution in [3.63, 3.8) is 0 Å². The first kappa shape index (κ1) is 25.6. The number of fused-ring (bicyclic) bond motifs is 1. The lowest BCUT2D eigenvalue weighted by atomic mass is 10.1. The fraction of sp³-hybridized carbons (Fsp3) is 0.455. The first-order valence-corrected chi connectivity index (χ1v) is 12.7. The van der Waals surface area contributed by atoms with Crippen LogP contribution in [0.3, 0.4) is 0 Å². The monoisotopic (exact) mass is 490 g/mol. The molecule has 3 rings (SSSR count). The molecule has 11 nitrogen and oxygen atoms in total. The van der Waals surface area contributed by atoms with Gasteiger partial charge in [-0.25, -0.2) is 20.0 Å². The van der Waals surface area contributed by atoms with Gasteiger partial charge in [-0.15, -0.1) is 0 Å². The third kappa shape index (κ3) is 6.53. The molecule has 1 aromatic carbocycles. The number of carbonyl (C=O) groups is 1. The van der Waals surface area contributed by atoms with Crippen molar-refractivity contribution >= 4 is 30.5 Å². The van der Waals surface area contributed by atoms with Crippen molar-refractivity contribution in [2.75, 3.05) is 12.1 Å². The molecule has 34 heavy (non-hydrogen) atoms. The van der Waals surface area contributed by atoms with Gasteiger partial charge in [0.2, 0.25) is 0 Å². The molecular formula is C22H31N6O5P. The van der Waals surface area contributed by atoms with Crippen molar-refractivity contribution in [3.8, 4) is 5.75 Å². The zero-order chi connectivity index (χ0) is 24.9. The lowest BCUT2D eigenvalue weighted by Crippen LogP contribution is -2.48. The van der Waals surface area contributed by atoms with Crippen LogP contribution in [0.15, 0.2) is 43.0 Å². The Hall–Kier alpha value is -3.01. The number of hydrogen-bond acceptors (Lipinski definition) is 9. The van der Waals surface area contributed by atoms with E-state index in [1.54, 1.807) is 62.9 Å². The Kier molecular flexibility index (Phi) is 7.91. The van der Waals surface area contributed by atoms with E-state index in [0.29, 0.717) is 23.5 Å². The second-order valence-electron chi connectivity index (χ2n) is 8.70. The number of ether oxygens (including phenoxy) is 2. The minimum atomic E-state index is -3.70. The van der Waals surface area contributed by atoms with E-state index < -0.39 is 25.1 Å². The number of rotatable bonds is 11. The van der Waals surface area contributed by atoms with Gasteiger partial charge in [-0.3, -0.25) is 9.36 Å². The zero-order valence-electron chi connectivity index (χ0n) is 20.0. The van der Waals surface area contributed by atoms with Crippen LogP contribution in [0, 0.1) is 0 Å². The number of benzene rings is 1. The van der Waals surface area contributed by atoms with Gasteiger partial charge >= 0.3 is 13.5 Å². The highest BCUT2D eigenvalue weighted by Gasteiger charge is 2.39. The maximum absolute atomic E-state index is 13.8. The third-order valence-corrected chi connectivity index (χ3v) is 6.61. The number of hydrogen-bond donors (Lipinski definition) is 2. The largest absolute Gasteiger partial charge is 0.462 e. The number of nitrogens with one attached hydrogen (secondary N) is 1. The molecule has 0 unspecified atom stereocenters. The highest BCUT2D eigenvalue weighted by atomic mass is 31.2. The van der Waals surface area contributed by atoms with Crippen LogP contribution in [0.2, 0.25) is 0 Å². The fourth-order valence-corrected chi connectivity index (χ4v) is 5.17. The summed E-state index contributed by atoms with van der Waals surface area (Å²) in [5.41, 5.74) is 5.63. The molecule has 0 spiro atoms. The Labute approximate surface area is 198 Å². The Morgan fingerprint density at radius 2 is 1.88 bits per heavy atom. The highest BCUT2D eigenvalue weighted by Crippen LogP contribution is 2.45. The van der Waals surface area contributed by atoms with Crippen LogP contribution in [0.5, 0.6) is 5.75 Å². The average molecular weight is 491 g/mol. The minimum absolute atomic E-state index is 0.287. The van der Waals surface area contributed by atoms with Gasteiger partial charge in [0.05, 0.1) is 25.1 Å². The molecule has 0 saturated carbocycles. The van der Waals surface area contributed by atoms with E-state index in [1.165, 1.54) is 6.33 Å². The normalized spacial score (nSPS) is 14.6. The topological polar surface area (TPSA) is 143 Å². The fourth-order valence-electron chi connectivity index (χ4n) is 3.15. The molecule has 2 atom stereocenters. The number of anilines is 1. The van der Waals surface area contributed by atoms with Gasteiger partial charge in [0, 0.05) is 0 Å². The molecule has 2 aromatic heterocycles. The van der Waals surface area contributed by atoms with Crippen LogP contribution in [0.4, 0.5) is 5.82 Å². The lowest BCUT2D eigenvalue weighted by molar-refractivity contribution is -0.153. The molecule has 0 radical (unpaired) electrons. The van der Waals surface area contributed by atoms with Crippen molar-refractivity contribution < 1.29 is 23.4 Å². The second kappa shape index (κ2) is 10.5. The van der Waals surface area contributed by atoms with Gasteiger partial charge in [0.15, 0.2) is 11.5 Å². The maximum atomic E-state index is 13.8. The van der Waals surface area contributed by atoms with Crippen LogP contribution >= 0.6 is 7.52 Å². The first-order valence-electron chi connectivity index (χ1n) is 10.9. The van der Waals surface area contributed by atoms with Crippen molar-refractivity contribution in [3.05, 3.63) is 43.0 Å². The number of nitrogen functional groups attached to an aromatic ring is 1. The Balaban J connectivity index is 1.74. The van der Waals surface area contributed by atoms with Gasteiger partial charge in [-0.05, 0) is 46.8 Å². The lowest BCUT2D eigenvalue weighted by Gasteiger charge is -2.31. The Morgan fingerprint density at radius 3 is 2.56 bits per heavy atom.